The molecule has 36 heavy (non-hydrogen) atoms. The Morgan fingerprint density at radius 2 is 1.58 bits per heavy atom. The van der Waals surface area contributed by atoms with E-state index in [-0.39, 0.29) is 24.5 Å². The van der Waals surface area contributed by atoms with E-state index in [1.807, 2.05) is 78.9 Å². The number of carbonyl (C=O) groups excluding carboxylic acids is 2. The van der Waals surface area contributed by atoms with Gasteiger partial charge in [-0.15, -0.1) is 0 Å². The summed E-state index contributed by atoms with van der Waals surface area (Å²) < 4.78 is 10.7. The molecule has 1 saturated heterocycles. The second-order valence-electron chi connectivity index (χ2n) is 8.80. The molecule has 0 radical (unpaired) electrons. The predicted octanol–water partition coefficient (Wildman–Crippen LogP) is 3.83. The minimum absolute atomic E-state index is 0.00373. The molecule has 1 aliphatic heterocycles. The van der Waals surface area contributed by atoms with Crippen LogP contribution in [0.5, 0.6) is 11.5 Å². The van der Waals surface area contributed by atoms with Gasteiger partial charge in [0.1, 0.15) is 11.5 Å². The van der Waals surface area contributed by atoms with Crippen LogP contribution in [0.2, 0.25) is 0 Å². The number of nitrogens with zero attached hydrogens (tertiary/aromatic N) is 1. The Balaban J connectivity index is 1.24. The summed E-state index contributed by atoms with van der Waals surface area (Å²) in [5.41, 5.74) is 2.74. The third-order valence-corrected chi connectivity index (χ3v) is 6.32. The molecule has 2 N–H and O–H groups in total. The topological polar surface area (TPSA) is 79.9 Å². The van der Waals surface area contributed by atoms with E-state index in [0.29, 0.717) is 17.9 Å². The molecule has 2 amide bonds. The molecular weight excluding hydrogens is 454 g/mol. The van der Waals surface area contributed by atoms with Gasteiger partial charge < -0.3 is 25.0 Å². The van der Waals surface area contributed by atoms with Gasteiger partial charge in [0.05, 0.1) is 12.7 Å². The molecule has 0 spiro atoms. The van der Waals surface area contributed by atoms with E-state index in [2.05, 4.69) is 15.5 Å². The monoisotopic (exact) mass is 487 g/mol. The van der Waals surface area contributed by atoms with Gasteiger partial charge in [-0.25, -0.2) is 0 Å². The second kappa shape index (κ2) is 12.6. The van der Waals surface area contributed by atoms with Gasteiger partial charge in [-0.05, 0) is 61.2 Å². The number of piperidine rings is 1. The van der Waals surface area contributed by atoms with Crippen LogP contribution in [0.25, 0.3) is 0 Å². The smallest absolute Gasteiger partial charge is 0.258 e. The van der Waals surface area contributed by atoms with Crippen molar-refractivity contribution in [2.75, 3.05) is 38.3 Å². The first-order valence-corrected chi connectivity index (χ1v) is 12.3. The first kappa shape index (κ1) is 25.1. The van der Waals surface area contributed by atoms with Gasteiger partial charge >= 0.3 is 0 Å². The van der Waals surface area contributed by atoms with Crippen LogP contribution in [-0.4, -0.2) is 51.2 Å². The van der Waals surface area contributed by atoms with Gasteiger partial charge in [0.2, 0.25) is 0 Å². The van der Waals surface area contributed by atoms with Gasteiger partial charge in [-0.2, -0.15) is 0 Å². The Morgan fingerprint density at radius 3 is 2.31 bits per heavy atom. The van der Waals surface area contributed by atoms with Crippen molar-refractivity contribution in [3.8, 4) is 11.5 Å². The van der Waals surface area contributed by atoms with Gasteiger partial charge in [-0.1, -0.05) is 42.5 Å². The number of hydrogen-bond acceptors (Lipinski definition) is 5. The minimum Gasteiger partial charge on any atom is -0.497 e. The zero-order valence-corrected chi connectivity index (χ0v) is 20.6. The molecule has 1 fully saturated rings. The Hall–Kier alpha value is -4.00. The zero-order chi connectivity index (χ0) is 25.2. The van der Waals surface area contributed by atoms with Crippen LogP contribution in [0.15, 0.2) is 78.9 Å². The van der Waals surface area contributed by atoms with Gasteiger partial charge in [0.25, 0.3) is 11.8 Å². The lowest BCUT2D eigenvalue weighted by molar-refractivity contribution is -0.123. The molecule has 0 aromatic heterocycles. The van der Waals surface area contributed by atoms with E-state index in [4.69, 9.17) is 9.47 Å². The number of benzene rings is 3. The van der Waals surface area contributed by atoms with Gasteiger partial charge in [0.15, 0.2) is 6.61 Å². The number of methoxy groups -OCH3 is 1. The predicted molar refractivity (Wildman–Crippen MR) is 141 cm³/mol. The van der Waals surface area contributed by atoms with Crippen molar-refractivity contribution in [2.45, 2.75) is 25.3 Å². The van der Waals surface area contributed by atoms with Crippen LogP contribution < -0.4 is 25.0 Å². The average molecular weight is 488 g/mol. The first-order chi connectivity index (χ1) is 17.6. The van der Waals surface area contributed by atoms with Crippen molar-refractivity contribution in [1.82, 2.24) is 10.6 Å². The maximum absolute atomic E-state index is 13.0. The molecule has 3 aromatic carbocycles. The van der Waals surface area contributed by atoms with Crippen LogP contribution in [0, 0.1) is 0 Å². The number of rotatable bonds is 10. The third-order valence-electron chi connectivity index (χ3n) is 6.32. The molecule has 0 unspecified atom stereocenters. The molecule has 3 aromatic rings. The standard InChI is InChI=1S/C29H33N3O4/c1-35-24-13-11-22(12-14-24)15-18-30-29(34)26-9-5-6-10-27(26)32-19-16-23(17-20-32)31-28(33)21-36-25-7-3-2-4-8-25/h2-14,23H,15-21H2,1H3,(H,30,34)(H,31,33). The molecule has 4 rings (SSSR count). The van der Waals surface area contributed by atoms with Gasteiger partial charge in [0, 0.05) is 31.4 Å². The van der Waals surface area contributed by atoms with Crippen LogP contribution in [0.4, 0.5) is 5.69 Å². The zero-order valence-electron chi connectivity index (χ0n) is 20.6. The number of hydrogen-bond donors (Lipinski definition) is 2. The van der Waals surface area contributed by atoms with E-state index >= 15 is 0 Å². The molecule has 7 heteroatoms. The summed E-state index contributed by atoms with van der Waals surface area (Å²) in [5.74, 6) is 1.31. The van der Waals surface area contributed by atoms with Crippen LogP contribution in [0.3, 0.4) is 0 Å². The number of ether oxygens (including phenoxy) is 2. The highest BCUT2D eigenvalue weighted by molar-refractivity contribution is 5.99. The van der Waals surface area contributed by atoms with Crippen LogP contribution >= 0.6 is 0 Å². The van der Waals surface area contributed by atoms with Crippen molar-refractivity contribution in [3.63, 3.8) is 0 Å². The quantitative estimate of drug-likeness (QED) is 0.454. The Labute approximate surface area is 212 Å². The summed E-state index contributed by atoms with van der Waals surface area (Å²) in [4.78, 5) is 27.5. The molecule has 0 bridgehead atoms. The highest BCUT2D eigenvalue weighted by atomic mass is 16.5. The molecule has 1 heterocycles. The van der Waals surface area contributed by atoms with E-state index in [1.165, 1.54) is 0 Å². The molecule has 0 atom stereocenters. The lowest BCUT2D eigenvalue weighted by Crippen LogP contribution is -2.46. The average Bonchev–Trinajstić information content (AvgIpc) is 2.93. The Kier molecular flexibility index (Phi) is 8.81. The summed E-state index contributed by atoms with van der Waals surface area (Å²) >= 11 is 0. The van der Waals surface area contributed by atoms with Crippen LogP contribution in [-0.2, 0) is 11.2 Å². The lowest BCUT2D eigenvalue weighted by Gasteiger charge is -2.34. The van der Waals surface area contributed by atoms with E-state index < -0.39 is 0 Å². The Bertz CT molecular complexity index is 1130. The van der Waals surface area contributed by atoms with Crippen molar-refractivity contribution in [2.24, 2.45) is 0 Å². The molecule has 1 aliphatic rings. The third kappa shape index (κ3) is 7.01. The summed E-state index contributed by atoms with van der Waals surface area (Å²) in [7, 11) is 1.65. The molecule has 0 saturated carbocycles. The number of nitrogens with one attached hydrogen (secondary N) is 2. The van der Waals surface area contributed by atoms with Crippen molar-refractivity contribution >= 4 is 17.5 Å². The summed E-state index contributed by atoms with van der Waals surface area (Å²) in [6.45, 7) is 2.09. The molecule has 7 nitrogen and oxygen atoms in total. The number of amides is 2. The highest BCUT2D eigenvalue weighted by Gasteiger charge is 2.23. The molecular formula is C29H33N3O4. The van der Waals surface area contributed by atoms with Crippen LogP contribution in [0.1, 0.15) is 28.8 Å². The normalized spacial score (nSPS) is 13.6. The summed E-state index contributed by atoms with van der Waals surface area (Å²) in [6, 6.07) is 25.0. The van der Waals surface area contributed by atoms with Gasteiger partial charge in [-0.3, -0.25) is 9.59 Å². The van der Waals surface area contributed by atoms with Crippen molar-refractivity contribution < 1.29 is 19.1 Å². The summed E-state index contributed by atoms with van der Waals surface area (Å²) in [6.07, 6.45) is 2.37. The van der Waals surface area contributed by atoms with E-state index in [0.717, 1.165) is 49.4 Å². The lowest BCUT2D eigenvalue weighted by atomic mass is 10.0. The minimum atomic E-state index is -0.117. The largest absolute Gasteiger partial charge is 0.497 e. The number of anilines is 1. The fraction of sp³-hybridized carbons (Fsp3) is 0.310. The summed E-state index contributed by atoms with van der Waals surface area (Å²) in [5, 5.41) is 6.12. The number of carbonyl (C=O) groups is 2. The SMILES string of the molecule is COc1ccc(CCNC(=O)c2ccccc2N2CCC(NC(=O)COc3ccccc3)CC2)cc1. The second-order valence-corrected chi connectivity index (χ2v) is 8.80. The maximum atomic E-state index is 13.0. The van der Waals surface area contributed by atoms with E-state index in [1.54, 1.807) is 7.11 Å². The fourth-order valence-electron chi connectivity index (χ4n) is 4.35. The Morgan fingerprint density at radius 1 is 0.889 bits per heavy atom. The molecule has 0 aliphatic carbocycles. The first-order valence-electron chi connectivity index (χ1n) is 12.3. The van der Waals surface area contributed by atoms with E-state index in [9.17, 15) is 9.59 Å². The maximum Gasteiger partial charge on any atom is 0.258 e. The highest BCUT2D eigenvalue weighted by Crippen LogP contribution is 2.24. The van der Waals surface area contributed by atoms with Crippen molar-refractivity contribution in [3.05, 3.63) is 90.0 Å². The number of para-hydroxylation sites is 2. The molecule has 188 valence electrons. The fourth-order valence-corrected chi connectivity index (χ4v) is 4.35. The van der Waals surface area contributed by atoms with Crippen molar-refractivity contribution in [1.29, 1.82) is 0 Å².